The lowest BCUT2D eigenvalue weighted by atomic mass is 10.3. The maximum absolute atomic E-state index is 10.1. The van der Waals surface area contributed by atoms with Crippen LogP contribution in [0.2, 0.25) is 0 Å². The number of hydrogen-bond acceptors (Lipinski definition) is 2. The van der Waals surface area contributed by atoms with Gasteiger partial charge in [-0.3, -0.25) is 26.3 Å². The van der Waals surface area contributed by atoms with E-state index < -0.39 is 21.5 Å². The fourth-order valence-electron chi connectivity index (χ4n) is 2.83. The van der Waals surface area contributed by atoms with Gasteiger partial charge in [-0.05, 0) is 12.8 Å². The molecule has 0 aliphatic carbocycles. The van der Waals surface area contributed by atoms with E-state index in [1.807, 2.05) is 12.4 Å². The standard InChI is InChI=1S/C11H19N3O2.C10H20N3.BF3.BF2.3FH/c1-2-3-6-13-8-9-14(10-13)7-4-5-12-11(15)16;1-2-3-6-12-8-9-13(10-12)7-4-5-11;2-1(3)4;2-1-3;;;/h8-10,12H,2-7H2,1H3;8-10H,2-7,11H2,1H3;;;3*1H/q;+1;;;;;/p-1. The molecule has 0 aliphatic heterocycles. The molecule has 0 aliphatic rings. The van der Waals surface area contributed by atoms with E-state index in [9.17, 15) is 31.5 Å². The fourth-order valence-corrected chi connectivity index (χ4v) is 2.83. The smallest absolute Gasteiger partial charge is 0.762 e. The molecule has 2 heterocycles. The minimum absolute atomic E-state index is 0. The molecular formula is C21H41B2F8N6O2. The summed E-state index contributed by atoms with van der Waals surface area (Å²) in [6.07, 6.45) is 18.2. The highest BCUT2D eigenvalue weighted by Crippen LogP contribution is 1.94. The first-order chi connectivity index (χ1) is 17.2. The molecule has 18 heteroatoms. The first kappa shape index (κ1) is 46.1. The summed E-state index contributed by atoms with van der Waals surface area (Å²) >= 11 is 0. The topological polar surface area (TPSA) is 97.4 Å². The van der Waals surface area contributed by atoms with Crippen LogP contribution in [0.5, 0.6) is 0 Å². The summed E-state index contributed by atoms with van der Waals surface area (Å²) in [7, 11) is -4.67. The Labute approximate surface area is 226 Å². The molecule has 2 aromatic rings. The van der Waals surface area contributed by atoms with Crippen LogP contribution in [0.25, 0.3) is 0 Å². The van der Waals surface area contributed by atoms with Crippen molar-refractivity contribution in [2.75, 3.05) is 13.1 Å². The number of hydrogen-bond donors (Lipinski definition) is 2. The Bertz CT molecular complexity index is 738. The number of quaternary nitrogens is 1. The van der Waals surface area contributed by atoms with E-state index in [0.717, 1.165) is 39.1 Å². The average Bonchev–Trinajstić information content (AvgIpc) is 3.47. The molecule has 1 amide bonds. The summed E-state index contributed by atoms with van der Waals surface area (Å²) < 4.78 is 56.7. The lowest BCUT2D eigenvalue weighted by molar-refractivity contribution is -0.698. The SMILES string of the molecule is CCCCn1cc[n+](CCCNC(=O)[O-])c1.CCCCn1cc[n+](CCC[NH3+])c1.F.FB(F)F.F[B]F.[F-].[F-]. The Morgan fingerprint density at radius 2 is 1.31 bits per heavy atom. The van der Waals surface area contributed by atoms with Crippen molar-refractivity contribution >= 4 is 21.5 Å². The number of rotatable bonds is 13. The summed E-state index contributed by atoms with van der Waals surface area (Å²) in [6.45, 7) is 9.96. The van der Waals surface area contributed by atoms with Crippen molar-refractivity contribution in [1.29, 1.82) is 0 Å². The van der Waals surface area contributed by atoms with Crippen LogP contribution < -0.4 is 34.7 Å². The molecule has 0 atom stereocenters. The molecule has 0 bridgehead atoms. The number of halogens is 8. The third-order valence-electron chi connectivity index (χ3n) is 4.56. The van der Waals surface area contributed by atoms with Crippen LogP contribution in [-0.2, 0) is 26.2 Å². The van der Waals surface area contributed by atoms with Gasteiger partial charge in [0.2, 0.25) is 12.7 Å². The maximum Gasteiger partial charge on any atom is 0.762 e. The molecule has 0 aromatic carbocycles. The first-order valence-electron chi connectivity index (χ1n) is 12.0. The summed E-state index contributed by atoms with van der Waals surface area (Å²) in [6, 6.07) is 0. The predicted octanol–water partition coefficient (Wildman–Crippen LogP) is -4.39. The highest BCUT2D eigenvalue weighted by atomic mass is 19.4. The van der Waals surface area contributed by atoms with Crippen molar-refractivity contribution in [3.05, 3.63) is 37.4 Å². The third-order valence-corrected chi connectivity index (χ3v) is 4.56. The molecule has 1 radical (unpaired) electrons. The van der Waals surface area contributed by atoms with Gasteiger partial charge in [-0.2, -0.15) is 0 Å². The number of nitrogens with one attached hydrogen (secondary N) is 1. The molecule has 0 fully saturated rings. The Hall–Kier alpha value is -2.78. The second-order valence-corrected chi connectivity index (χ2v) is 7.59. The minimum atomic E-state index is -3.67. The Morgan fingerprint density at radius 1 is 0.923 bits per heavy atom. The van der Waals surface area contributed by atoms with Crippen molar-refractivity contribution < 1.29 is 60.5 Å². The van der Waals surface area contributed by atoms with Crippen LogP contribution in [0.3, 0.4) is 0 Å². The van der Waals surface area contributed by atoms with E-state index in [-0.39, 0.29) is 14.1 Å². The van der Waals surface area contributed by atoms with Gasteiger partial charge in [-0.25, -0.2) is 18.3 Å². The normalized spacial score (nSPS) is 8.82. The predicted molar refractivity (Wildman–Crippen MR) is 129 cm³/mol. The first-order valence-corrected chi connectivity index (χ1v) is 12.0. The molecule has 229 valence electrons. The number of imidazole rings is 2. The van der Waals surface area contributed by atoms with Gasteiger partial charge in [0.15, 0.2) is 0 Å². The second-order valence-electron chi connectivity index (χ2n) is 7.59. The number of carbonyl (C=O) groups excluding carboxylic acids is 1. The summed E-state index contributed by atoms with van der Waals surface area (Å²) in [5.41, 5.74) is 3.84. The van der Waals surface area contributed by atoms with Crippen LogP contribution in [0, 0.1) is 0 Å². The minimum Gasteiger partial charge on any atom is -1.00 e. The molecule has 0 saturated heterocycles. The van der Waals surface area contributed by atoms with Crippen molar-refractivity contribution in [2.45, 2.75) is 78.6 Å². The van der Waals surface area contributed by atoms with Crippen LogP contribution >= 0.6 is 0 Å². The molecule has 0 unspecified atom stereocenters. The van der Waals surface area contributed by atoms with Crippen LogP contribution in [0.15, 0.2) is 37.4 Å². The van der Waals surface area contributed by atoms with Gasteiger partial charge in [0.05, 0.1) is 32.7 Å². The lowest BCUT2D eigenvalue weighted by Crippen LogP contribution is -3.00. The molecular weight excluding hydrogens is 542 g/mol. The maximum atomic E-state index is 10.1. The van der Waals surface area contributed by atoms with Crippen molar-refractivity contribution in [3.8, 4) is 0 Å². The number of carbonyl (C=O) groups is 1. The van der Waals surface area contributed by atoms with Gasteiger partial charge in [-0.15, -0.1) is 0 Å². The number of aromatic nitrogens is 4. The fraction of sp³-hybridized carbons (Fsp3) is 0.667. The summed E-state index contributed by atoms with van der Waals surface area (Å²) in [4.78, 5) is 10.1. The lowest BCUT2D eigenvalue weighted by Gasteiger charge is -2.04. The van der Waals surface area contributed by atoms with Gasteiger partial charge in [0.1, 0.15) is 30.9 Å². The van der Waals surface area contributed by atoms with Crippen molar-refractivity contribution in [3.63, 3.8) is 0 Å². The zero-order chi connectivity index (χ0) is 27.6. The van der Waals surface area contributed by atoms with E-state index in [4.69, 9.17) is 0 Å². The molecule has 2 rings (SSSR count). The summed E-state index contributed by atoms with van der Waals surface area (Å²) in [5, 5.41) is 12.3. The van der Waals surface area contributed by atoms with E-state index in [1.54, 1.807) is 0 Å². The molecule has 4 N–H and O–H groups in total. The van der Waals surface area contributed by atoms with E-state index in [0.29, 0.717) is 6.54 Å². The zero-order valence-electron chi connectivity index (χ0n) is 22.5. The number of carboxylic acid groups (broad SMARTS) is 1. The highest BCUT2D eigenvalue weighted by Gasteiger charge is 2.06. The van der Waals surface area contributed by atoms with Gasteiger partial charge >= 0.3 is 15.4 Å². The molecule has 0 saturated carbocycles. The largest absolute Gasteiger partial charge is 1.00 e. The van der Waals surface area contributed by atoms with Crippen molar-refractivity contribution in [1.82, 2.24) is 14.5 Å². The van der Waals surface area contributed by atoms with Gasteiger partial charge < -0.3 is 30.4 Å². The second kappa shape index (κ2) is 33.2. The van der Waals surface area contributed by atoms with Gasteiger partial charge in [0.25, 0.3) is 0 Å². The number of aryl methyl sites for hydroxylation is 4. The molecule has 0 spiro atoms. The Kier molecular flexibility index (Phi) is 39.3. The zero-order valence-corrected chi connectivity index (χ0v) is 22.5. The molecule has 8 nitrogen and oxygen atoms in total. The van der Waals surface area contributed by atoms with Gasteiger partial charge in [0, 0.05) is 19.4 Å². The highest BCUT2D eigenvalue weighted by molar-refractivity contribution is 6.33. The Balaban J connectivity index is -0.000000152. The van der Waals surface area contributed by atoms with E-state index in [1.165, 1.54) is 32.1 Å². The van der Waals surface area contributed by atoms with Crippen molar-refractivity contribution in [2.24, 2.45) is 0 Å². The molecule has 39 heavy (non-hydrogen) atoms. The number of unbranched alkanes of at least 4 members (excludes halogenated alkanes) is 2. The van der Waals surface area contributed by atoms with Crippen LogP contribution in [0.4, 0.5) is 31.1 Å². The third kappa shape index (κ3) is 33.2. The monoisotopic (exact) mass is 583 g/mol. The Morgan fingerprint density at radius 3 is 1.64 bits per heavy atom. The molecule has 2 aromatic heterocycles. The average molecular weight is 583 g/mol. The van der Waals surface area contributed by atoms with Crippen LogP contribution in [0.1, 0.15) is 52.4 Å². The van der Waals surface area contributed by atoms with Gasteiger partial charge in [-0.1, -0.05) is 26.7 Å². The quantitative estimate of drug-likeness (QED) is 0.108. The number of amides is 1. The summed E-state index contributed by atoms with van der Waals surface area (Å²) in [5.74, 6) is 0. The van der Waals surface area contributed by atoms with E-state index in [2.05, 4.69) is 68.2 Å². The van der Waals surface area contributed by atoms with E-state index >= 15 is 0 Å². The van der Waals surface area contributed by atoms with Crippen LogP contribution in [-0.4, -0.2) is 43.7 Å². The number of nitrogens with zero attached hydrogens (tertiary/aromatic N) is 4.